The lowest BCUT2D eigenvalue weighted by Crippen LogP contribution is -2.43. The summed E-state index contributed by atoms with van der Waals surface area (Å²) in [6, 6.07) is 4.24. The number of aromatic nitrogens is 2. The topological polar surface area (TPSA) is 30.3 Å². The van der Waals surface area contributed by atoms with Crippen LogP contribution in [-0.4, -0.2) is 42.5 Å². The molecule has 3 heterocycles. The van der Waals surface area contributed by atoms with Crippen molar-refractivity contribution in [1.29, 1.82) is 0 Å². The molecule has 0 aliphatic carbocycles. The van der Waals surface area contributed by atoms with Gasteiger partial charge in [0.1, 0.15) is 10.3 Å². The predicted molar refractivity (Wildman–Crippen MR) is 111 cm³/mol. The van der Waals surface area contributed by atoms with E-state index < -0.39 is 8.32 Å². The fourth-order valence-corrected chi connectivity index (χ4v) is 4.64. The molecule has 0 amide bonds. The van der Waals surface area contributed by atoms with Gasteiger partial charge in [0, 0.05) is 50.8 Å². The third-order valence-electron chi connectivity index (χ3n) is 5.96. The largest absolute Gasteiger partial charge is 0.416 e. The highest BCUT2D eigenvalue weighted by Gasteiger charge is 2.37. The monoisotopic (exact) mass is 423 g/mol. The Morgan fingerprint density at radius 2 is 2.00 bits per heavy atom. The number of fused-ring (bicyclic) bond motifs is 3. The van der Waals surface area contributed by atoms with Gasteiger partial charge in [-0.05, 0) is 51.8 Å². The average molecular weight is 424 g/mol. The molecule has 0 radical (unpaired) electrons. The van der Waals surface area contributed by atoms with Gasteiger partial charge in [0.05, 0.1) is 0 Å². The van der Waals surface area contributed by atoms with Crippen molar-refractivity contribution in [3.63, 3.8) is 0 Å². The Balaban J connectivity index is 1.70. The van der Waals surface area contributed by atoms with Crippen LogP contribution in [0.5, 0.6) is 0 Å². The van der Waals surface area contributed by atoms with Crippen molar-refractivity contribution in [2.24, 2.45) is 7.05 Å². The van der Waals surface area contributed by atoms with E-state index in [4.69, 9.17) is 4.43 Å². The van der Waals surface area contributed by atoms with E-state index in [1.807, 2.05) is 6.07 Å². The summed E-state index contributed by atoms with van der Waals surface area (Å²) in [5.41, 5.74) is 3.96. The molecule has 0 bridgehead atoms. The second-order valence-electron chi connectivity index (χ2n) is 8.62. The van der Waals surface area contributed by atoms with Gasteiger partial charge in [0.25, 0.3) is 0 Å². The first-order valence-corrected chi connectivity index (χ1v) is 12.8. The number of halogens is 1. The Labute approximate surface area is 160 Å². The highest BCUT2D eigenvalue weighted by Crippen LogP contribution is 2.36. The number of rotatable bonds is 4. The summed E-state index contributed by atoms with van der Waals surface area (Å²) in [5.74, 6) is 0. The van der Waals surface area contributed by atoms with Crippen LogP contribution in [0.1, 0.15) is 32.0 Å². The van der Waals surface area contributed by atoms with Crippen LogP contribution >= 0.6 is 15.9 Å². The lowest BCUT2D eigenvalue weighted by molar-refractivity contribution is 0.186. The molecule has 0 spiro atoms. The summed E-state index contributed by atoms with van der Waals surface area (Å²) in [6.45, 7) is 15.5. The van der Waals surface area contributed by atoms with Gasteiger partial charge < -0.3 is 8.99 Å². The number of aryl methyl sites for hydroxylation is 1. The molecule has 0 unspecified atom stereocenters. The second-order valence-corrected chi connectivity index (χ2v) is 14.2. The molecule has 1 aliphatic heterocycles. The SMILES string of the molecule is Cn1c2c(c3ccc(Br)nc31)CN(CCO[Si](C)(C)C(C)(C)C)CC2. The van der Waals surface area contributed by atoms with E-state index in [0.29, 0.717) is 0 Å². The van der Waals surface area contributed by atoms with Gasteiger partial charge in [-0.2, -0.15) is 0 Å². The Morgan fingerprint density at radius 1 is 1.28 bits per heavy atom. The number of pyridine rings is 1. The normalized spacial score (nSPS) is 16.4. The van der Waals surface area contributed by atoms with Gasteiger partial charge in [0.2, 0.25) is 0 Å². The number of hydrogen-bond donors (Lipinski definition) is 0. The molecule has 2 aromatic rings. The van der Waals surface area contributed by atoms with Crippen LogP contribution in [0.2, 0.25) is 18.1 Å². The van der Waals surface area contributed by atoms with Crippen molar-refractivity contribution < 1.29 is 4.43 Å². The molecule has 0 aromatic carbocycles. The zero-order valence-electron chi connectivity index (χ0n) is 16.3. The molecule has 25 heavy (non-hydrogen) atoms. The van der Waals surface area contributed by atoms with Crippen molar-refractivity contribution in [3.05, 3.63) is 28.0 Å². The van der Waals surface area contributed by atoms with Crippen LogP contribution in [0.15, 0.2) is 16.7 Å². The molecular weight excluding hydrogens is 394 g/mol. The quantitative estimate of drug-likeness (QED) is 0.526. The fourth-order valence-electron chi connectivity index (χ4n) is 3.30. The van der Waals surface area contributed by atoms with Gasteiger partial charge in [-0.3, -0.25) is 4.90 Å². The summed E-state index contributed by atoms with van der Waals surface area (Å²) < 4.78 is 9.53. The minimum Gasteiger partial charge on any atom is -0.416 e. The molecule has 0 N–H and O–H groups in total. The first-order valence-electron chi connectivity index (χ1n) is 9.09. The van der Waals surface area contributed by atoms with Crippen LogP contribution in [-0.2, 0) is 24.4 Å². The fraction of sp³-hybridized carbons (Fsp3) is 0.632. The Bertz CT molecular complexity index is 779. The first kappa shape index (κ1) is 19.1. The molecule has 3 rings (SSSR count). The van der Waals surface area contributed by atoms with Crippen LogP contribution in [0.4, 0.5) is 0 Å². The maximum Gasteiger partial charge on any atom is 0.192 e. The second kappa shape index (κ2) is 6.80. The lowest BCUT2D eigenvalue weighted by Gasteiger charge is -2.37. The van der Waals surface area contributed by atoms with E-state index in [-0.39, 0.29) is 5.04 Å². The maximum absolute atomic E-state index is 6.37. The summed E-state index contributed by atoms with van der Waals surface area (Å²) >= 11 is 3.49. The van der Waals surface area contributed by atoms with E-state index in [1.54, 1.807) is 0 Å². The standard InChI is InChI=1S/C19H30BrN3OSi/c1-19(2,3)25(5,6)24-12-11-23-10-9-16-15(13-23)14-7-8-17(20)21-18(14)22(16)4/h7-8H,9-13H2,1-6H3. The van der Waals surface area contributed by atoms with Crippen LogP contribution in [0.3, 0.4) is 0 Å². The smallest absolute Gasteiger partial charge is 0.192 e. The third kappa shape index (κ3) is 3.72. The molecule has 0 fully saturated rings. The highest BCUT2D eigenvalue weighted by molar-refractivity contribution is 9.10. The van der Waals surface area contributed by atoms with Gasteiger partial charge in [-0.1, -0.05) is 20.8 Å². The van der Waals surface area contributed by atoms with Crippen LogP contribution < -0.4 is 0 Å². The zero-order valence-corrected chi connectivity index (χ0v) is 18.9. The lowest BCUT2D eigenvalue weighted by atomic mass is 10.1. The van der Waals surface area contributed by atoms with E-state index in [9.17, 15) is 0 Å². The minimum absolute atomic E-state index is 0.275. The summed E-state index contributed by atoms with van der Waals surface area (Å²) in [6.07, 6.45) is 1.08. The van der Waals surface area contributed by atoms with Crippen LogP contribution in [0, 0.1) is 0 Å². The molecule has 4 nitrogen and oxygen atoms in total. The van der Waals surface area contributed by atoms with Crippen molar-refractivity contribution in [1.82, 2.24) is 14.5 Å². The van der Waals surface area contributed by atoms with E-state index in [0.717, 1.165) is 42.9 Å². The van der Waals surface area contributed by atoms with E-state index >= 15 is 0 Å². The van der Waals surface area contributed by atoms with E-state index in [2.05, 4.69) is 77.4 Å². The van der Waals surface area contributed by atoms with Crippen molar-refractivity contribution in [2.45, 2.75) is 51.9 Å². The Kier molecular flexibility index (Phi) is 5.19. The molecule has 138 valence electrons. The van der Waals surface area contributed by atoms with Crippen LogP contribution in [0.25, 0.3) is 11.0 Å². The first-order chi connectivity index (χ1) is 11.6. The van der Waals surface area contributed by atoms with Crippen molar-refractivity contribution in [2.75, 3.05) is 19.7 Å². The maximum atomic E-state index is 6.37. The molecule has 0 atom stereocenters. The predicted octanol–water partition coefficient (Wildman–Crippen LogP) is 4.72. The molecular formula is C19H30BrN3OSi. The minimum atomic E-state index is -1.65. The van der Waals surface area contributed by atoms with Crippen molar-refractivity contribution >= 4 is 35.3 Å². The zero-order chi connectivity index (χ0) is 18.4. The number of hydrogen-bond acceptors (Lipinski definition) is 3. The average Bonchev–Trinajstić information content (AvgIpc) is 2.78. The highest BCUT2D eigenvalue weighted by atomic mass is 79.9. The summed E-state index contributed by atoms with van der Waals surface area (Å²) in [5, 5.41) is 1.56. The van der Waals surface area contributed by atoms with Gasteiger partial charge in [-0.15, -0.1) is 0 Å². The number of nitrogens with zero attached hydrogens (tertiary/aromatic N) is 3. The molecule has 6 heteroatoms. The van der Waals surface area contributed by atoms with Gasteiger partial charge in [-0.25, -0.2) is 4.98 Å². The van der Waals surface area contributed by atoms with Gasteiger partial charge >= 0.3 is 0 Å². The molecule has 1 aliphatic rings. The molecule has 0 saturated heterocycles. The molecule has 2 aromatic heterocycles. The summed E-state index contributed by atoms with van der Waals surface area (Å²) in [7, 11) is 0.483. The Hall–Kier alpha value is -0.693. The summed E-state index contributed by atoms with van der Waals surface area (Å²) in [4.78, 5) is 7.19. The van der Waals surface area contributed by atoms with Gasteiger partial charge in [0.15, 0.2) is 8.32 Å². The van der Waals surface area contributed by atoms with Crippen molar-refractivity contribution in [3.8, 4) is 0 Å². The third-order valence-corrected chi connectivity index (χ3v) is 10.9. The molecule has 0 saturated carbocycles. The van der Waals surface area contributed by atoms with E-state index in [1.165, 1.54) is 16.6 Å². The Morgan fingerprint density at radius 3 is 2.68 bits per heavy atom.